The fourth-order valence-corrected chi connectivity index (χ4v) is 2.32. The third-order valence-electron chi connectivity index (χ3n) is 2.55. The Morgan fingerprint density at radius 3 is 2.12 bits per heavy atom. The van der Waals surface area contributed by atoms with E-state index in [2.05, 4.69) is 0 Å². The fraction of sp³-hybridized carbons (Fsp3) is 0.0769. The van der Waals surface area contributed by atoms with Gasteiger partial charge in [-0.2, -0.15) is 0 Å². The Hall–Kier alpha value is -1.09. The lowest BCUT2D eigenvalue weighted by Crippen LogP contribution is -2.14. The van der Waals surface area contributed by atoms with Gasteiger partial charge in [0.05, 0.1) is 6.04 Å². The summed E-state index contributed by atoms with van der Waals surface area (Å²) in [6.07, 6.45) is 0. The van der Waals surface area contributed by atoms with Crippen LogP contribution in [-0.2, 0) is 0 Å². The molecule has 1 atom stereocenters. The van der Waals surface area contributed by atoms with E-state index in [0.717, 1.165) is 0 Å². The van der Waals surface area contributed by atoms with Gasteiger partial charge in [0.25, 0.3) is 0 Å². The maximum Gasteiger partial charge on any atom is 0.128 e. The molecule has 2 aromatic rings. The zero-order chi connectivity index (χ0) is 12.4. The summed E-state index contributed by atoms with van der Waals surface area (Å²) in [5.41, 5.74) is 6.93. The molecule has 0 spiro atoms. The summed E-state index contributed by atoms with van der Waals surface area (Å²) in [6, 6.07) is 10.7. The molecule has 0 saturated heterocycles. The molecule has 4 heteroatoms. The van der Waals surface area contributed by atoms with E-state index in [4.69, 9.17) is 28.9 Å². The Labute approximate surface area is 109 Å². The first kappa shape index (κ1) is 12.4. The molecular formula is C13H10Cl2FN. The van der Waals surface area contributed by atoms with Gasteiger partial charge in [-0.15, -0.1) is 0 Å². The van der Waals surface area contributed by atoms with Crippen LogP contribution in [0.2, 0.25) is 10.0 Å². The van der Waals surface area contributed by atoms with Crippen LogP contribution in [0.15, 0.2) is 42.5 Å². The van der Waals surface area contributed by atoms with Crippen LogP contribution in [0.5, 0.6) is 0 Å². The van der Waals surface area contributed by atoms with Gasteiger partial charge in [0.15, 0.2) is 0 Å². The van der Waals surface area contributed by atoms with E-state index in [1.165, 1.54) is 6.07 Å². The first-order chi connectivity index (χ1) is 8.11. The van der Waals surface area contributed by atoms with Gasteiger partial charge < -0.3 is 5.73 Å². The van der Waals surface area contributed by atoms with E-state index in [-0.39, 0.29) is 5.82 Å². The van der Waals surface area contributed by atoms with Crippen molar-refractivity contribution in [2.24, 2.45) is 5.73 Å². The lowest BCUT2D eigenvalue weighted by atomic mass is 9.99. The molecule has 0 saturated carbocycles. The summed E-state index contributed by atoms with van der Waals surface area (Å²) in [5.74, 6) is -0.365. The third kappa shape index (κ3) is 2.44. The highest BCUT2D eigenvalue weighted by atomic mass is 35.5. The second-order valence-corrected chi connectivity index (χ2v) is 4.45. The summed E-state index contributed by atoms with van der Waals surface area (Å²) in [6.45, 7) is 0. The van der Waals surface area contributed by atoms with Gasteiger partial charge in [0.2, 0.25) is 0 Å². The lowest BCUT2D eigenvalue weighted by molar-refractivity contribution is 0.600. The monoisotopic (exact) mass is 269 g/mol. The minimum Gasteiger partial charge on any atom is -0.320 e. The second-order valence-electron chi connectivity index (χ2n) is 3.63. The van der Waals surface area contributed by atoms with Crippen molar-refractivity contribution in [1.82, 2.24) is 0 Å². The largest absolute Gasteiger partial charge is 0.320 e. The molecule has 0 aliphatic heterocycles. The SMILES string of the molecule is NC(c1ccccc1F)c1c(Cl)cccc1Cl. The van der Waals surface area contributed by atoms with E-state index >= 15 is 0 Å². The second kappa shape index (κ2) is 5.05. The van der Waals surface area contributed by atoms with Crippen molar-refractivity contribution in [3.05, 3.63) is 69.5 Å². The van der Waals surface area contributed by atoms with Gasteiger partial charge in [-0.05, 0) is 18.2 Å². The van der Waals surface area contributed by atoms with Crippen molar-refractivity contribution in [2.75, 3.05) is 0 Å². The average molecular weight is 270 g/mol. The molecule has 0 bridgehead atoms. The van der Waals surface area contributed by atoms with Crippen LogP contribution in [0.1, 0.15) is 17.2 Å². The van der Waals surface area contributed by atoms with Gasteiger partial charge in [-0.3, -0.25) is 0 Å². The number of rotatable bonds is 2. The normalized spacial score (nSPS) is 12.5. The van der Waals surface area contributed by atoms with Crippen molar-refractivity contribution in [2.45, 2.75) is 6.04 Å². The Morgan fingerprint density at radius 2 is 1.53 bits per heavy atom. The van der Waals surface area contributed by atoms with Crippen LogP contribution < -0.4 is 5.73 Å². The maximum atomic E-state index is 13.6. The molecule has 0 radical (unpaired) electrons. The lowest BCUT2D eigenvalue weighted by Gasteiger charge is -2.16. The van der Waals surface area contributed by atoms with Crippen molar-refractivity contribution >= 4 is 23.2 Å². The number of halogens is 3. The Kier molecular flexibility index (Phi) is 3.67. The molecule has 0 heterocycles. The van der Waals surface area contributed by atoms with Gasteiger partial charge >= 0.3 is 0 Å². The van der Waals surface area contributed by atoms with E-state index < -0.39 is 6.04 Å². The predicted octanol–water partition coefficient (Wildman–Crippen LogP) is 4.18. The highest BCUT2D eigenvalue weighted by Crippen LogP contribution is 2.33. The molecule has 0 aliphatic carbocycles. The summed E-state index contributed by atoms with van der Waals surface area (Å²) in [7, 11) is 0. The first-order valence-electron chi connectivity index (χ1n) is 5.05. The number of nitrogens with two attached hydrogens (primary N) is 1. The van der Waals surface area contributed by atoms with Crippen molar-refractivity contribution in [3.8, 4) is 0 Å². The van der Waals surface area contributed by atoms with Crippen molar-refractivity contribution in [3.63, 3.8) is 0 Å². The molecule has 17 heavy (non-hydrogen) atoms. The van der Waals surface area contributed by atoms with E-state index in [1.54, 1.807) is 36.4 Å². The van der Waals surface area contributed by atoms with Gasteiger partial charge in [0.1, 0.15) is 5.82 Å². The fourth-order valence-electron chi connectivity index (χ4n) is 1.69. The molecule has 88 valence electrons. The molecular weight excluding hydrogens is 260 g/mol. The highest BCUT2D eigenvalue weighted by molar-refractivity contribution is 6.36. The molecule has 0 amide bonds. The summed E-state index contributed by atoms with van der Waals surface area (Å²) in [4.78, 5) is 0. The van der Waals surface area contributed by atoms with Gasteiger partial charge in [0, 0.05) is 21.2 Å². The van der Waals surface area contributed by atoms with Gasteiger partial charge in [-0.25, -0.2) is 4.39 Å². The number of benzene rings is 2. The van der Waals surface area contributed by atoms with E-state index in [1.807, 2.05) is 0 Å². The first-order valence-corrected chi connectivity index (χ1v) is 5.80. The Bertz CT molecular complexity index is 522. The summed E-state index contributed by atoms with van der Waals surface area (Å²) >= 11 is 12.1. The van der Waals surface area contributed by atoms with E-state index in [9.17, 15) is 4.39 Å². The third-order valence-corrected chi connectivity index (χ3v) is 3.21. The van der Waals surface area contributed by atoms with Crippen LogP contribution in [0, 0.1) is 5.82 Å². The predicted molar refractivity (Wildman–Crippen MR) is 68.9 cm³/mol. The minimum atomic E-state index is -0.669. The van der Waals surface area contributed by atoms with Crippen molar-refractivity contribution < 1.29 is 4.39 Å². The zero-order valence-corrected chi connectivity index (χ0v) is 10.3. The average Bonchev–Trinajstić information content (AvgIpc) is 2.29. The van der Waals surface area contributed by atoms with Crippen LogP contribution in [0.4, 0.5) is 4.39 Å². The van der Waals surface area contributed by atoms with Crippen LogP contribution >= 0.6 is 23.2 Å². The molecule has 0 aromatic heterocycles. The number of hydrogen-bond acceptors (Lipinski definition) is 1. The highest BCUT2D eigenvalue weighted by Gasteiger charge is 2.18. The van der Waals surface area contributed by atoms with Crippen molar-refractivity contribution in [1.29, 1.82) is 0 Å². The number of hydrogen-bond donors (Lipinski definition) is 1. The molecule has 0 aliphatic rings. The Morgan fingerprint density at radius 1 is 0.941 bits per heavy atom. The standard InChI is InChI=1S/C13H10Cl2FN/c14-9-5-3-6-10(15)12(9)13(17)8-4-1-2-7-11(8)16/h1-7,13H,17H2. The van der Waals surface area contributed by atoms with Crippen LogP contribution in [0.3, 0.4) is 0 Å². The quantitative estimate of drug-likeness (QED) is 0.870. The molecule has 0 fully saturated rings. The van der Waals surface area contributed by atoms with E-state index in [0.29, 0.717) is 21.2 Å². The molecule has 1 unspecified atom stereocenters. The topological polar surface area (TPSA) is 26.0 Å². The van der Waals surface area contributed by atoms with Crippen LogP contribution in [-0.4, -0.2) is 0 Å². The minimum absolute atomic E-state index is 0.365. The van der Waals surface area contributed by atoms with Crippen LogP contribution in [0.25, 0.3) is 0 Å². The molecule has 1 nitrogen and oxygen atoms in total. The summed E-state index contributed by atoms with van der Waals surface area (Å²) < 4.78 is 13.6. The zero-order valence-electron chi connectivity index (χ0n) is 8.83. The molecule has 2 aromatic carbocycles. The summed E-state index contributed by atoms with van der Waals surface area (Å²) in [5, 5.41) is 0.876. The molecule has 2 N–H and O–H groups in total. The molecule has 2 rings (SSSR count). The Balaban J connectivity index is 2.51. The maximum absolute atomic E-state index is 13.6. The smallest absolute Gasteiger partial charge is 0.128 e. The van der Waals surface area contributed by atoms with Gasteiger partial charge in [-0.1, -0.05) is 47.5 Å².